The molecular weight excluding hydrogens is 266 g/mol. The van der Waals surface area contributed by atoms with Gasteiger partial charge < -0.3 is 10.1 Å². The third-order valence-electron chi connectivity index (χ3n) is 4.03. The molecule has 3 rings (SSSR count). The van der Waals surface area contributed by atoms with E-state index in [1.165, 1.54) is 5.69 Å². The van der Waals surface area contributed by atoms with Crippen LogP contribution in [0.15, 0.2) is 24.7 Å². The smallest absolute Gasteiger partial charge is 0.101 e. The van der Waals surface area contributed by atoms with E-state index in [1.54, 1.807) is 0 Å². The SMILES string of the molecule is CCn1nccc1CN[C@H]1CCCO[C@@H]1c1cnn(C)c1. The van der Waals surface area contributed by atoms with E-state index >= 15 is 0 Å². The molecule has 6 heteroatoms. The predicted molar refractivity (Wildman–Crippen MR) is 79.7 cm³/mol. The molecule has 1 N–H and O–H groups in total. The van der Waals surface area contributed by atoms with Crippen LogP contribution in [0.4, 0.5) is 0 Å². The Labute approximate surface area is 125 Å². The molecule has 3 heterocycles. The number of nitrogens with zero attached hydrogens (tertiary/aromatic N) is 4. The number of hydrogen-bond acceptors (Lipinski definition) is 4. The summed E-state index contributed by atoms with van der Waals surface area (Å²) < 4.78 is 9.83. The lowest BCUT2D eigenvalue weighted by molar-refractivity contribution is -0.0114. The summed E-state index contributed by atoms with van der Waals surface area (Å²) in [6.45, 7) is 4.65. The molecule has 2 atom stereocenters. The van der Waals surface area contributed by atoms with Gasteiger partial charge in [0.2, 0.25) is 0 Å². The van der Waals surface area contributed by atoms with Crippen LogP contribution in [0, 0.1) is 0 Å². The Morgan fingerprint density at radius 1 is 1.43 bits per heavy atom. The van der Waals surface area contributed by atoms with Crippen molar-refractivity contribution >= 4 is 0 Å². The lowest BCUT2D eigenvalue weighted by atomic mass is 9.98. The molecule has 1 fully saturated rings. The lowest BCUT2D eigenvalue weighted by Gasteiger charge is -2.32. The van der Waals surface area contributed by atoms with Crippen LogP contribution in [0.1, 0.15) is 37.1 Å². The highest BCUT2D eigenvalue weighted by atomic mass is 16.5. The van der Waals surface area contributed by atoms with Crippen molar-refractivity contribution < 1.29 is 4.74 Å². The summed E-state index contributed by atoms with van der Waals surface area (Å²) in [5, 5.41) is 12.2. The van der Waals surface area contributed by atoms with Crippen LogP contribution in [-0.4, -0.2) is 32.2 Å². The van der Waals surface area contributed by atoms with Gasteiger partial charge in [-0.2, -0.15) is 10.2 Å². The second-order valence-electron chi connectivity index (χ2n) is 5.51. The molecular formula is C15H23N5O. The van der Waals surface area contributed by atoms with Crippen LogP contribution < -0.4 is 5.32 Å². The van der Waals surface area contributed by atoms with E-state index in [9.17, 15) is 0 Å². The van der Waals surface area contributed by atoms with Crippen LogP contribution >= 0.6 is 0 Å². The number of aromatic nitrogens is 4. The number of rotatable bonds is 5. The van der Waals surface area contributed by atoms with Crippen LogP contribution in [-0.2, 0) is 24.9 Å². The Morgan fingerprint density at radius 2 is 2.33 bits per heavy atom. The first-order valence-electron chi connectivity index (χ1n) is 7.62. The van der Waals surface area contributed by atoms with Crippen molar-refractivity contribution in [3.05, 3.63) is 35.9 Å². The number of nitrogens with one attached hydrogen (secondary N) is 1. The molecule has 0 aliphatic carbocycles. The highest BCUT2D eigenvalue weighted by Crippen LogP contribution is 2.28. The summed E-state index contributed by atoms with van der Waals surface area (Å²) in [6.07, 6.45) is 8.12. The van der Waals surface area contributed by atoms with E-state index in [0.717, 1.165) is 38.1 Å². The Hall–Kier alpha value is -1.66. The maximum absolute atomic E-state index is 5.98. The molecule has 2 aromatic heterocycles. The summed E-state index contributed by atoms with van der Waals surface area (Å²) in [7, 11) is 1.94. The van der Waals surface area contributed by atoms with Gasteiger partial charge in [-0.25, -0.2) is 0 Å². The molecule has 1 aliphatic heterocycles. The van der Waals surface area contributed by atoms with Crippen molar-refractivity contribution in [1.29, 1.82) is 0 Å². The highest BCUT2D eigenvalue weighted by molar-refractivity contribution is 5.12. The number of hydrogen-bond donors (Lipinski definition) is 1. The Bertz CT molecular complexity index is 576. The number of aryl methyl sites for hydroxylation is 2. The monoisotopic (exact) mass is 289 g/mol. The first-order chi connectivity index (χ1) is 10.3. The molecule has 0 amide bonds. The molecule has 21 heavy (non-hydrogen) atoms. The van der Waals surface area contributed by atoms with Crippen molar-refractivity contribution in [2.24, 2.45) is 7.05 Å². The van der Waals surface area contributed by atoms with Gasteiger partial charge in [0.25, 0.3) is 0 Å². The fraction of sp³-hybridized carbons (Fsp3) is 0.600. The fourth-order valence-corrected chi connectivity index (χ4v) is 2.94. The van der Waals surface area contributed by atoms with Crippen LogP contribution in [0.25, 0.3) is 0 Å². The Kier molecular flexibility index (Phi) is 4.36. The number of ether oxygens (including phenoxy) is 1. The zero-order valence-corrected chi connectivity index (χ0v) is 12.7. The van der Waals surface area contributed by atoms with Gasteiger partial charge in [0.05, 0.1) is 11.9 Å². The zero-order valence-electron chi connectivity index (χ0n) is 12.7. The maximum Gasteiger partial charge on any atom is 0.101 e. The zero-order chi connectivity index (χ0) is 14.7. The summed E-state index contributed by atoms with van der Waals surface area (Å²) in [5.41, 5.74) is 2.37. The minimum absolute atomic E-state index is 0.0884. The van der Waals surface area contributed by atoms with Crippen molar-refractivity contribution in [3.63, 3.8) is 0 Å². The van der Waals surface area contributed by atoms with E-state index in [4.69, 9.17) is 4.74 Å². The predicted octanol–water partition coefficient (Wildman–Crippen LogP) is 1.65. The van der Waals surface area contributed by atoms with Crippen molar-refractivity contribution in [3.8, 4) is 0 Å². The Morgan fingerprint density at radius 3 is 3.10 bits per heavy atom. The minimum atomic E-state index is 0.0884. The van der Waals surface area contributed by atoms with Gasteiger partial charge >= 0.3 is 0 Å². The van der Waals surface area contributed by atoms with Gasteiger partial charge in [0.1, 0.15) is 6.10 Å². The van der Waals surface area contributed by atoms with Gasteiger partial charge in [-0.1, -0.05) is 0 Å². The average Bonchev–Trinajstić information content (AvgIpc) is 3.13. The van der Waals surface area contributed by atoms with Crippen LogP contribution in [0.3, 0.4) is 0 Å². The molecule has 114 valence electrons. The first-order valence-corrected chi connectivity index (χ1v) is 7.62. The molecule has 1 saturated heterocycles. The van der Waals surface area contributed by atoms with Crippen molar-refractivity contribution in [2.45, 2.75) is 45.0 Å². The summed E-state index contributed by atoms with van der Waals surface area (Å²) in [5.74, 6) is 0. The summed E-state index contributed by atoms with van der Waals surface area (Å²) >= 11 is 0. The van der Waals surface area contributed by atoms with Gasteiger partial charge in [-0.3, -0.25) is 9.36 Å². The van der Waals surface area contributed by atoms with E-state index in [0.29, 0.717) is 6.04 Å². The molecule has 0 spiro atoms. The van der Waals surface area contributed by atoms with Gasteiger partial charge in [-0.15, -0.1) is 0 Å². The van der Waals surface area contributed by atoms with Crippen LogP contribution in [0.5, 0.6) is 0 Å². The quantitative estimate of drug-likeness (QED) is 0.909. The first kappa shape index (κ1) is 14.3. The van der Waals surface area contributed by atoms with E-state index in [1.807, 2.05) is 35.0 Å². The topological polar surface area (TPSA) is 56.9 Å². The molecule has 0 aromatic carbocycles. The second-order valence-corrected chi connectivity index (χ2v) is 5.51. The standard InChI is InChI=1S/C15H23N5O/c1-3-20-13(6-7-17-20)10-16-14-5-4-8-21-15(14)12-9-18-19(2)11-12/h6-7,9,11,14-16H,3-5,8,10H2,1-2H3/t14-,15+/m0/s1. The van der Waals surface area contributed by atoms with Gasteiger partial charge in [0, 0.05) is 50.7 Å². The Balaban J connectivity index is 1.67. The third kappa shape index (κ3) is 3.16. The van der Waals surface area contributed by atoms with Gasteiger partial charge in [0.15, 0.2) is 0 Å². The summed E-state index contributed by atoms with van der Waals surface area (Å²) in [6, 6.07) is 2.39. The van der Waals surface area contributed by atoms with Gasteiger partial charge in [-0.05, 0) is 25.8 Å². The van der Waals surface area contributed by atoms with E-state index < -0.39 is 0 Å². The normalized spacial score (nSPS) is 22.6. The minimum Gasteiger partial charge on any atom is -0.372 e. The highest BCUT2D eigenvalue weighted by Gasteiger charge is 2.28. The largest absolute Gasteiger partial charge is 0.372 e. The molecule has 1 aliphatic rings. The van der Waals surface area contributed by atoms with Crippen molar-refractivity contribution in [2.75, 3.05) is 6.61 Å². The average molecular weight is 289 g/mol. The molecule has 2 aromatic rings. The van der Waals surface area contributed by atoms with E-state index in [2.05, 4.69) is 28.5 Å². The molecule has 0 unspecified atom stereocenters. The molecule has 0 saturated carbocycles. The molecule has 0 radical (unpaired) electrons. The fourth-order valence-electron chi connectivity index (χ4n) is 2.94. The summed E-state index contributed by atoms with van der Waals surface area (Å²) in [4.78, 5) is 0. The van der Waals surface area contributed by atoms with Crippen molar-refractivity contribution in [1.82, 2.24) is 24.9 Å². The third-order valence-corrected chi connectivity index (χ3v) is 4.03. The molecule has 0 bridgehead atoms. The maximum atomic E-state index is 5.98. The van der Waals surface area contributed by atoms with E-state index in [-0.39, 0.29) is 6.10 Å². The lowest BCUT2D eigenvalue weighted by Crippen LogP contribution is -2.39. The van der Waals surface area contributed by atoms with Crippen LogP contribution in [0.2, 0.25) is 0 Å². The second kappa shape index (κ2) is 6.41. The molecule has 6 nitrogen and oxygen atoms in total.